The van der Waals surface area contributed by atoms with E-state index >= 15 is 0 Å². The summed E-state index contributed by atoms with van der Waals surface area (Å²) in [5, 5.41) is 13.5. The number of aliphatic hydroxyl groups is 1. The molecule has 0 aliphatic rings. The van der Waals surface area contributed by atoms with E-state index in [1.165, 1.54) is 24.1 Å². The SMILES string of the molecule is CCCN(CCC)Cc1c(C)nn(CCO)c1C. The van der Waals surface area contributed by atoms with E-state index in [1.807, 2.05) is 4.68 Å². The fourth-order valence-corrected chi connectivity index (χ4v) is 2.40. The Morgan fingerprint density at radius 3 is 2.28 bits per heavy atom. The van der Waals surface area contributed by atoms with E-state index in [1.54, 1.807) is 0 Å². The van der Waals surface area contributed by atoms with Crippen LogP contribution in [0.1, 0.15) is 43.6 Å². The number of nitrogens with zero attached hydrogens (tertiary/aromatic N) is 3. The fraction of sp³-hybridized carbons (Fsp3) is 0.786. The predicted octanol–water partition coefficient (Wildman–Crippen LogP) is 2.11. The maximum atomic E-state index is 9.02. The van der Waals surface area contributed by atoms with E-state index in [0.29, 0.717) is 6.54 Å². The number of rotatable bonds is 8. The van der Waals surface area contributed by atoms with Crippen molar-refractivity contribution in [2.75, 3.05) is 19.7 Å². The van der Waals surface area contributed by atoms with E-state index in [-0.39, 0.29) is 6.61 Å². The van der Waals surface area contributed by atoms with Crippen LogP contribution < -0.4 is 0 Å². The minimum Gasteiger partial charge on any atom is -0.394 e. The average molecular weight is 253 g/mol. The summed E-state index contributed by atoms with van der Waals surface area (Å²) in [7, 11) is 0. The van der Waals surface area contributed by atoms with E-state index in [0.717, 1.165) is 25.3 Å². The molecule has 104 valence electrons. The third-order valence-corrected chi connectivity index (χ3v) is 3.30. The topological polar surface area (TPSA) is 41.3 Å². The zero-order valence-electron chi connectivity index (χ0n) is 12.2. The first-order chi connectivity index (χ1) is 8.63. The largest absolute Gasteiger partial charge is 0.394 e. The molecule has 1 heterocycles. The molecule has 1 rings (SSSR count). The van der Waals surface area contributed by atoms with Gasteiger partial charge in [-0.25, -0.2) is 0 Å². The van der Waals surface area contributed by atoms with Crippen LogP contribution in [0, 0.1) is 13.8 Å². The summed E-state index contributed by atoms with van der Waals surface area (Å²) in [4.78, 5) is 2.49. The molecule has 0 radical (unpaired) electrons. The van der Waals surface area contributed by atoms with Crippen LogP contribution in [-0.2, 0) is 13.1 Å². The molecule has 0 unspecified atom stereocenters. The van der Waals surface area contributed by atoms with Gasteiger partial charge in [-0.05, 0) is 39.8 Å². The number of hydrogen-bond acceptors (Lipinski definition) is 3. The first-order valence-corrected chi connectivity index (χ1v) is 7.00. The molecule has 0 bridgehead atoms. The van der Waals surface area contributed by atoms with Gasteiger partial charge in [0.1, 0.15) is 0 Å². The lowest BCUT2D eigenvalue weighted by molar-refractivity contribution is 0.262. The van der Waals surface area contributed by atoms with Gasteiger partial charge in [0.05, 0.1) is 18.8 Å². The quantitative estimate of drug-likeness (QED) is 0.771. The molecule has 1 aromatic rings. The molecular formula is C14H27N3O. The van der Waals surface area contributed by atoms with Gasteiger partial charge in [0.2, 0.25) is 0 Å². The van der Waals surface area contributed by atoms with E-state index in [9.17, 15) is 0 Å². The third-order valence-electron chi connectivity index (χ3n) is 3.30. The van der Waals surface area contributed by atoms with Crippen molar-refractivity contribution >= 4 is 0 Å². The molecule has 0 aliphatic heterocycles. The molecular weight excluding hydrogens is 226 g/mol. The van der Waals surface area contributed by atoms with Gasteiger partial charge in [0.25, 0.3) is 0 Å². The highest BCUT2D eigenvalue weighted by atomic mass is 16.3. The van der Waals surface area contributed by atoms with Gasteiger partial charge in [-0.1, -0.05) is 13.8 Å². The van der Waals surface area contributed by atoms with Gasteiger partial charge < -0.3 is 5.11 Å². The molecule has 0 amide bonds. The van der Waals surface area contributed by atoms with Crippen molar-refractivity contribution in [3.05, 3.63) is 17.0 Å². The standard InChI is InChI=1S/C14H27N3O/c1-5-7-16(8-6-2)11-14-12(3)15-17(9-10-18)13(14)4/h18H,5-11H2,1-4H3. The van der Waals surface area contributed by atoms with E-state index in [2.05, 4.69) is 37.7 Å². The summed E-state index contributed by atoms with van der Waals surface area (Å²) in [6.45, 7) is 12.6. The Hall–Kier alpha value is -0.870. The van der Waals surface area contributed by atoms with Crippen molar-refractivity contribution < 1.29 is 5.11 Å². The Balaban J connectivity index is 2.81. The van der Waals surface area contributed by atoms with Crippen LogP contribution in [0.25, 0.3) is 0 Å². The predicted molar refractivity (Wildman–Crippen MR) is 74.6 cm³/mol. The lowest BCUT2D eigenvalue weighted by Crippen LogP contribution is -2.25. The normalized spacial score (nSPS) is 11.4. The summed E-state index contributed by atoms with van der Waals surface area (Å²) < 4.78 is 1.92. The lowest BCUT2D eigenvalue weighted by Gasteiger charge is -2.21. The van der Waals surface area contributed by atoms with Gasteiger partial charge >= 0.3 is 0 Å². The maximum absolute atomic E-state index is 9.02. The zero-order chi connectivity index (χ0) is 13.5. The van der Waals surface area contributed by atoms with E-state index < -0.39 is 0 Å². The fourth-order valence-electron chi connectivity index (χ4n) is 2.40. The monoisotopic (exact) mass is 253 g/mol. The number of hydrogen-bond donors (Lipinski definition) is 1. The van der Waals surface area contributed by atoms with Crippen LogP contribution >= 0.6 is 0 Å². The van der Waals surface area contributed by atoms with Crippen molar-refractivity contribution in [1.29, 1.82) is 0 Å². The lowest BCUT2D eigenvalue weighted by atomic mass is 10.1. The molecule has 4 heteroatoms. The molecule has 1 N–H and O–H groups in total. The van der Waals surface area contributed by atoms with Gasteiger partial charge in [-0.2, -0.15) is 5.10 Å². The van der Waals surface area contributed by atoms with Crippen LogP contribution in [-0.4, -0.2) is 39.5 Å². The Labute approximate surface area is 111 Å². The first kappa shape index (κ1) is 15.2. The van der Waals surface area contributed by atoms with E-state index in [4.69, 9.17) is 5.11 Å². The molecule has 0 spiro atoms. The minimum absolute atomic E-state index is 0.148. The molecule has 0 atom stereocenters. The molecule has 1 aromatic heterocycles. The highest BCUT2D eigenvalue weighted by molar-refractivity contribution is 5.24. The Bertz CT molecular complexity index is 354. The zero-order valence-corrected chi connectivity index (χ0v) is 12.2. The molecule has 0 saturated heterocycles. The van der Waals surface area contributed by atoms with Gasteiger partial charge in [-0.15, -0.1) is 0 Å². The Morgan fingerprint density at radius 1 is 1.17 bits per heavy atom. The second-order valence-electron chi connectivity index (χ2n) is 4.87. The van der Waals surface area contributed by atoms with Crippen LogP contribution in [0.4, 0.5) is 0 Å². The van der Waals surface area contributed by atoms with Gasteiger partial charge in [0, 0.05) is 17.8 Å². The molecule has 0 aromatic carbocycles. The van der Waals surface area contributed by atoms with Crippen molar-refractivity contribution in [2.24, 2.45) is 0 Å². The maximum Gasteiger partial charge on any atom is 0.0644 e. The van der Waals surface area contributed by atoms with Crippen LogP contribution in [0.3, 0.4) is 0 Å². The van der Waals surface area contributed by atoms with Crippen LogP contribution in [0.5, 0.6) is 0 Å². The van der Waals surface area contributed by atoms with Crippen LogP contribution in [0.2, 0.25) is 0 Å². The van der Waals surface area contributed by atoms with Crippen molar-refractivity contribution in [3.8, 4) is 0 Å². The summed E-state index contributed by atoms with van der Waals surface area (Å²) >= 11 is 0. The van der Waals surface area contributed by atoms with Gasteiger partial charge in [-0.3, -0.25) is 9.58 Å². The smallest absolute Gasteiger partial charge is 0.0644 e. The Kier molecular flexibility index (Phi) is 6.36. The summed E-state index contributed by atoms with van der Waals surface area (Å²) in [6, 6.07) is 0. The number of aryl methyl sites for hydroxylation is 1. The molecule has 18 heavy (non-hydrogen) atoms. The summed E-state index contributed by atoms with van der Waals surface area (Å²) in [6.07, 6.45) is 2.37. The third kappa shape index (κ3) is 3.82. The van der Waals surface area contributed by atoms with Gasteiger partial charge in [0.15, 0.2) is 0 Å². The highest BCUT2D eigenvalue weighted by Crippen LogP contribution is 2.16. The molecule has 4 nitrogen and oxygen atoms in total. The molecule has 0 fully saturated rings. The first-order valence-electron chi connectivity index (χ1n) is 7.00. The second kappa shape index (κ2) is 7.54. The summed E-state index contributed by atoms with van der Waals surface area (Å²) in [5.41, 5.74) is 3.61. The molecule has 0 aliphatic carbocycles. The Morgan fingerprint density at radius 2 is 1.78 bits per heavy atom. The van der Waals surface area contributed by atoms with Crippen LogP contribution in [0.15, 0.2) is 0 Å². The number of aliphatic hydroxyl groups excluding tert-OH is 1. The minimum atomic E-state index is 0.148. The van der Waals surface area contributed by atoms with Crippen molar-refractivity contribution in [1.82, 2.24) is 14.7 Å². The van der Waals surface area contributed by atoms with Crippen molar-refractivity contribution in [3.63, 3.8) is 0 Å². The summed E-state index contributed by atoms with van der Waals surface area (Å²) in [5.74, 6) is 0. The highest BCUT2D eigenvalue weighted by Gasteiger charge is 2.14. The average Bonchev–Trinajstić information content (AvgIpc) is 2.58. The van der Waals surface area contributed by atoms with Crippen molar-refractivity contribution in [2.45, 2.75) is 53.6 Å². The number of aromatic nitrogens is 2. The second-order valence-corrected chi connectivity index (χ2v) is 4.87. The molecule has 0 saturated carbocycles.